The van der Waals surface area contributed by atoms with Gasteiger partial charge in [0.2, 0.25) is 0 Å². The van der Waals surface area contributed by atoms with Crippen molar-refractivity contribution in [3.05, 3.63) is 0 Å². The second-order valence-corrected chi connectivity index (χ2v) is 3.70. The highest BCUT2D eigenvalue weighted by Gasteiger charge is 2.27. The maximum atomic E-state index is 5.57. The summed E-state index contributed by atoms with van der Waals surface area (Å²) in [4.78, 5) is 0. The topological polar surface area (TPSA) is 9.23 Å². The molecule has 0 bridgehead atoms. The zero-order valence-corrected chi connectivity index (χ0v) is 6.89. The number of rotatable bonds is 1. The average Bonchev–Trinajstić information content (AvgIpc) is 1.86. The van der Waals surface area contributed by atoms with Crippen LogP contribution >= 0.6 is 0 Å². The Balaban J connectivity index is 2.40. The molecule has 56 valence electrons. The highest BCUT2D eigenvalue weighted by Crippen LogP contribution is 2.29. The van der Waals surface area contributed by atoms with Crippen LogP contribution in [0.25, 0.3) is 0 Å². The first-order chi connectivity index (χ1) is 4.64. The van der Waals surface area contributed by atoms with Gasteiger partial charge in [0.25, 0.3) is 0 Å². The van der Waals surface area contributed by atoms with E-state index in [1.54, 1.807) is 0 Å². The third-order valence-corrected chi connectivity index (χ3v) is 2.13. The quantitative estimate of drug-likeness (QED) is 0.501. The molecule has 0 aromatic heterocycles. The SMILES string of the molecule is [B]CC1CCOC(C)(C)C1. The molecule has 0 aromatic carbocycles. The van der Waals surface area contributed by atoms with Crippen LogP contribution in [-0.4, -0.2) is 20.1 Å². The molecule has 1 rings (SSSR count). The third kappa shape index (κ3) is 2.01. The van der Waals surface area contributed by atoms with Crippen LogP contribution in [0.1, 0.15) is 26.7 Å². The van der Waals surface area contributed by atoms with Crippen molar-refractivity contribution >= 4 is 7.85 Å². The normalized spacial score (nSPS) is 32.0. The van der Waals surface area contributed by atoms with Crippen molar-refractivity contribution in [1.29, 1.82) is 0 Å². The Bertz CT molecular complexity index is 112. The summed E-state index contributed by atoms with van der Waals surface area (Å²) in [6, 6.07) is 0. The number of hydrogen-bond acceptors (Lipinski definition) is 1. The molecule has 0 saturated carbocycles. The summed E-state index contributed by atoms with van der Waals surface area (Å²) in [5.41, 5.74) is 0.0717. The Labute approximate surface area is 64.6 Å². The maximum absolute atomic E-state index is 5.57. The minimum atomic E-state index is 0.0717. The Morgan fingerprint density at radius 3 is 2.70 bits per heavy atom. The van der Waals surface area contributed by atoms with E-state index < -0.39 is 0 Å². The molecule has 1 nitrogen and oxygen atoms in total. The highest BCUT2D eigenvalue weighted by molar-refractivity contribution is 6.08. The lowest BCUT2D eigenvalue weighted by Gasteiger charge is -2.35. The largest absolute Gasteiger partial charge is 0.376 e. The van der Waals surface area contributed by atoms with Gasteiger partial charge in [0.05, 0.1) is 13.4 Å². The molecule has 0 spiro atoms. The summed E-state index contributed by atoms with van der Waals surface area (Å²) in [5, 5.41) is 0. The molecule has 2 heteroatoms. The first-order valence-electron chi connectivity index (χ1n) is 3.98. The first-order valence-corrected chi connectivity index (χ1v) is 3.98. The molecule has 1 atom stereocenters. The predicted octanol–water partition coefficient (Wildman–Crippen LogP) is 1.78. The predicted molar refractivity (Wildman–Crippen MR) is 43.3 cm³/mol. The van der Waals surface area contributed by atoms with E-state index in [0.717, 1.165) is 25.8 Å². The monoisotopic (exact) mass is 138 g/mol. The molecule has 1 saturated heterocycles. The van der Waals surface area contributed by atoms with E-state index in [1.165, 1.54) is 0 Å². The van der Waals surface area contributed by atoms with Crippen LogP contribution in [0, 0.1) is 5.92 Å². The Morgan fingerprint density at radius 1 is 1.60 bits per heavy atom. The van der Waals surface area contributed by atoms with Crippen molar-refractivity contribution in [3.63, 3.8) is 0 Å². The average molecular weight is 138 g/mol. The minimum Gasteiger partial charge on any atom is -0.376 e. The van der Waals surface area contributed by atoms with Crippen molar-refractivity contribution in [2.75, 3.05) is 6.61 Å². The van der Waals surface area contributed by atoms with Crippen LogP contribution < -0.4 is 0 Å². The van der Waals surface area contributed by atoms with Gasteiger partial charge in [-0.25, -0.2) is 0 Å². The lowest BCUT2D eigenvalue weighted by Crippen LogP contribution is -2.33. The number of ether oxygens (including phenoxy) is 1. The third-order valence-electron chi connectivity index (χ3n) is 2.13. The molecular formula is C8H15BO. The van der Waals surface area contributed by atoms with Crippen molar-refractivity contribution < 1.29 is 4.74 Å². The fourth-order valence-electron chi connectivity index (χ4n) is 1.56. The van der Waals surface area contributed by atoms with E-state index in [0.29, 0.717) is 5.92 Å². The number of hydrogen-bond donors (Lipinski definition) is 0. The molecule has 1 aliphatic rings. The van der Waals surface area contributed by atoms with Crippen molar-refractivity contribution in [3.8, 4) is 0 Å². The van der Waals surface area contributed by atoms with Crippen LogP contribution in [0.2, 0.25) is 6.32 Å². The van der Waals surface area contributed by atoms with E-state index in [4.69, 9.17) is 12.6 Å². The summed E-state index contributed by atoms with van der Waals surface area (Å²) in [6.45, 7) is 5.15. The minimum absolute atomic E-state index is 0.0717. The zero-order chi connectivity index (χ0) is 7.61. The van der Waals surface area contributed by atoms with E-state index >= 15 is 0 Å². The van der Waals surface area contributed by atoms with Crippen molar-refractivity contribution in [2.45, 2.75) is 38.6 Å². The summed E-state index contributed by atoms with van der Waals surface area (Å²) < 4.78 is 5.54. The molecule has 0 N–H and O–H groups in total. The molecule has 2 radical (unpaired) electrons. The summed E-state index contributed by atoms with van der Waals surface area (Å²) in [6.07, 6.45) is 3.07. The Kier molecular flexibility index (Phi) is 2.40. The fourth-order valence-corrected chi connectivity index (χ4v) is 1.56. The maximum Gasteiger partial charge on any atom is 0.0656 e. The Morgan fingerprint density at radius 2 is 2.30 bits per heavy atom. The smallest absolute Gasteiger partial charge is 0.0656 e. The van der Waals surface area contributed by atoms with Gasteiger partial charge in [0.1, 0.15) is 0 Å². The molecule has 0 aromatic rings. The van der Waals surface area contributed by atoms with Gasteiger partial charge in [-0.3, -0.25) is 0 Å². The van der Waals surface area contributed by atoms with Gasteiger partial charge in [-0.05, 0) is 32.6 Å². The van der Waals surface area contributed by atoms with Gasteiger partial charge in [0.15, 0.2) is 0 Å². The molecule has 1 heterocycles. The molecule has 1 fully saturated rings. The zero-order valence-electron chi connectivity index (χ0n) is 6.89. The second-order valence-electron chi connectivity index (χ2n) is 3.70. The van der Waals surface area contributed by atoms with Crippen LogP contribution in [-0.2, 0) is 4.74 Å². The van der Waals surface area contributed by atoms with Gasteiger partial charge < -0.3 is 4.74 Å². The van der Waals surface area contributed by atoms with Crippen molar-refractivity contribution in [1.82, 2.24) is 0 Å². The standard InChI is InChI=1S/C8H15BO/c1-8(2)5-7(6-9)3-4-10-8/h7H,3-6H2,1-2H3. The summed E-state index contributed by atoms with van der Waals surface area (Å²) >= 11 is 0. The van der Waals surface area contributed by atoms with Gasteiger partial charge in [-0.2, -0.15) is 0 Å². The van der Waals surface area contributed by atoms with Crippen LogP contribution in [0.4, 0.5) is 0 Å². The first kappa shape index (κ1) is 8.12. The van der Waals surface area contributed by atoms with E-state index in [1.807, 2.05) is 0 Å². The van der Waals surface area contributed by atoms with E-state index in [9.17, 15) is 0 Å². The molecule has 1 aliphatic heterocycles. The van der Waals surface area contributed by atoms with E-state index in [2.05, 4.69) is 13.8 Å². The Hall–Kier alpha value is 0.0249. The lowest BCUT2D eigenvalue weighted by atomic mass is 9.80. The van der Waals surface area contributed by atoms with Crippen molar-refractivity contribution in [2.24, 2.45) is 5.92 Å². The van der Waals surface area contributed by atoms with Crippen LogP contribution in [0.5, 0.6) is 0 Å². The van der Waals surface area contributed by atoms with Crippen LogP contribution in [0.3, 0.4) is 0 Å². The van der Waals surface area contributed by atoms with E-state index in [-0.39, 0.29) is 5.60 Å². The second kappa shape index (κ2) is 2.95. The molecule has 10 heavy (non-hydrogen) atoms. The molecular weight excluding hydrogens is 123 g/mol. The molecule has 1 unspecified atom stereocenters. The fraction of sp³-hybridized carbons (Fsp3) is 1.00. The van der Waals surface area contributed by atoms with Gasteiger partial charge in [0, 0.05) is 6.61 Å². The van der Waals surface area contributed by atoms with Gasteiger partial charge >= 0.3 is 0 Å². The summed E-state index contributed by atoms with van der Waals surface area (Å²) in [7, 11) is 5.57. The van der Waals surface area contributed by atoms with Gasteiger partial charge in [-0.15, -0.1) is 0 Å². The molecule has 0 aliphatic carbocycles. The van der Waals surface area contributed by atoms with Crippen LogP contribution in [0.15, 0.2) is 0 Å². The molecule has 0 amide bonds. The van der Waals surface area contributed by atoms with Gasteiger partial charge in [-0.1, -0.05) is 6.32 Å². The summed E-state index contributed by atoms with van der Waals surface area (Å²) in [5.74, 6) is 0.684. The lowest BCUT2D eigenvalue weighted by molar-refractivity contribution is -0.0689. The highest BCUT2D eigenvalue weighted by atomic mass is 16.5.